The molecule has 24 heavy (non-hydrogen) atoms. The van der Waals surface area contributed by atoms with E-state index in [4.69, 9.17) is 0 Å². The Labute approximate surface area is 143 Å². The average molecular weight is 329 g/mol. The fourth-order valence-corrected chi connectivity index (χ4v) is 4.46. The largest absolute Gasteiger partial charge is 0.355 e. The molecular weight excluding hydrogens is 302 g/mol. The molecule has 1 aromatic rings. The monoisotopic (exact) mass is 329 g/mol. The van der Waals surface area contributed by atoms with Crippen LogP contribution < -0.4 is 4.90 Å². The minimum Gasteiger partial charge on any atom is -0.355 e. The first-order valence-corrected chi connectivity index (χ1v) is 9.35. The number of nitrogens with zero attached hydrogens (tertiary/aromatic N) is 5. The van der Waals surface area contributed by atoms with Gasteiger partial charge in [-0.05, 0) is 32.2 Å². The number of rotatable bonds is 2. The third kappa shape index (κ3) is 3.24. The summed E-state index contributed by atoms with van der Waals surface area (Å²) in [4.78, 5) is 28.5. The molecule has 0 N–H and O–H groups in total. The van der Waals surface area contributed by atoms with Gasteiger partial charge in [0.05, 0.1) is 12.1 Å². The van der Waals surface area contributed by atoms with Crippen molar-refractivity contribution in [2.24, 2.45) is 5.92 Å². The molecule has 1 aromatic heterocycles. The zero-order valence-corrected chi connectivity index (χ0v) is 14.3. The van der Waals surface area contributed by atoms with E-state index in [0.29, 0.717) is 11.9 Å². The Hall–Kier alpha value is -1.69. The van der Waals surface area contributed by atoms with Crippen LogP contribution in [0.5, 0.6) is 0 Å². The first-order chi connectivity index (χ1) is 11.8. The minimum atomic E-state index is 0.107. The fraction of sp³-hybridized carbons (Fsp3) is 0.722. The van der Waals surface area contributed by atoms with Crippen LogP contribution in [-0.4, -0.2) is 71.0 Å². The molecule has 6 nitrogen and oxygen atoms in total. The maximum absolute atomic E-state index is 13.0. The second-order valence-corrected chi connectivity index (χ2v) is 7.32. The van der Waals surface area contributed by atoms with Gasteiger partial charge in [-0.15, -0.1) is 0 Å². The summed E-state index contributed by atoms with van der Waals surface area (Å²) < 4.78 is 0. The number of fused-ring (bicyclic) bond motifs is 1. The Bertz CT molecular complexity index is 566. The molecule has 0 bridgehead atoms. The molecule has 0 radical (unpaired) electrons. The number of piperidine rings is 2. The predicted molar refractivity (Wildman–Crippen MR) is 92.8 cm³/mol. The highest BCUT2D eigenvalue weighted by Crippen LogP contribution is 2.26. The van der Waals surface area contributed by atoms with Crippen molar-refractivity contribution in [3.63, 3.8) is 0 Å². The SMILES string of the molecule is O=C([C@H]1CCCN(c2cnccn2)C1)N1CCN2CCCC[C@H]2C1. The van der Waals surface area contributed by atoms with Gasteiger partial charge in [-0.1, -0.05) is 6.42 Å². The average Bonchev–Trinajstić information content (AvgIpc) is 2.68. The second kappa shape index (κ2) is 7.05. The summed E-state index contributed by atoms with van der Waals surface area (Å²) in [6.07, 6.45) is 11.2. The molecule has 1 amide bonds. The topological polar surface area (TPSA) is 52.6 Å². The van der Waals surface area contributed by atoms with Gasteiger partial charge in [0, 0.05) is 51.2 Å². The highest BCUT2D eigenvalue weighted by atomic mass is 16.2. The van der Waals surface area contributed by atoms with Crippen molar-refractivity contribution in [1.29, 1.82) is 0 Å². The lowest BCUT2D eigenvalue weighted by molar-refractivity contribution is -0.139. The van der Waals surface area contributed by atoms with Gasteiger partial charge in [-0.3, -0.25) is 14.7 Å². The lowest BCUT2D eigenvalue weighted by Crippen LogP contribution is -2.58. The van der Waals surface area contributed by atoms with Crippen molar-refractivity contribution in [1.82, 2.24) is 19.8 Å². The lowest BCUT2D eigenvalue weighted by atomic mass is 9.94. The highest BCUT2D eigenvalue weighted by molar-refractivity contribution is 5.80. The van der Waals surface area contributed by atoms with Crippen molar-refractivity contribution in [3.8, 4) is 0 Å². The van der Waals surface area contributed by atoms with Crippen LogP contribution >= 0.6 is 0 Å². The van der Waals surface area contributed by atoms with E-state index >= 15 is 0 Å². The highest BCUT2D eigenvalue weighted by Gasteiger charge is 2.35. The normalized spacial score (nSPS) is 28.5. The van der Waals surface area contributed by atoms with E-state index in [9.17, 15) is 4.79 Å². The summed E-state index contributed by atoms with van der Waals surface area (Å²) in [7, 11) is 0. The molecule has 3 aliphatic rings. The van der Waals surface area contributed by atoms with E-state index in [1.54, 1.807) is 18.6 Å². The fourth-order valence-electron chi connectivity index (χ4n) is 4.46. The molecule has 3 fully saturated rings. The zero-order chi connectivity index (χ0) is 16.4. The Morgan fingerprint density at radius 3 is 2.83 bits per heavy atom. The number of anilines is 1. The molecular formula is C18H27N5O. The van der Waals surface area contributed by atoms with Crippen molar-refractivity contribution in [2.75, 3.05) is 44.2 Å². The Kier molecular flexibility index (Phi) is 4.65. The molecule has 2 atom stereocenters. The summed E-state index contributed by atoms with van der Waals surface area (Å²) in [5.41, 5.74) is 0. The smallest absolute Gasteiger partial charge is 0.227 e. The van der Waals surface area contributed by atoms with Crippen molar-refractivity contribution < 1.29 is 4.79 Å². The minimum absolute atomic E-state index is 0.107. The Balaban J connectivity index is 1.39. The molecule has 0 aliphatic carbocycles. The van der Waals surface area contributed by atoms with E-state index in [-0.39, 0.29) is 5.92 Å². The van der Waals surface area contributed by atoms with Gasteiger partial charge in [0.2, 0.25) is 5.91 Å². The van der Waals surface area contributed by atoms with Crippen LogP contribution in [0.4, 0.5) is 5.82 Å². The summed E-state index contributed by atoms with van der Waals surface area (Å²) in [6.45, 7) is 5.85. The van der Waals surface area contributed by atoms with Gasteiger partial charge in [0.15, 0.2) is 0 Å². The lowest BCUT2D eigenvalue weighted by Gasteiger charge is -2.45. The van der Waals surface area contributed by atoms with Gasteiger partial charge in [0.1, 0.15) is 5.82 Å². The maximum atomic E-state index is 13.0. The third-order valence-electron chi connectivity index (χ3n) is 5.79. The van der Waals surface area contributed by atoms with Crippen molar-refractivity contribution >= 4 is 11.7 Å². The number of amides is 1. The van der Waals surface area contributed by atoms with Crippen LogP contribution in [0.3, 0.4) is 0 Å². The van der Waals surface area contributed by atoms with Crippen LogP contribution in [-0.2, 0) is 4.79 Å². The quantitative estimate of drug-likeness (QED) is 0.821. The van der Waals surface area contributed by atoms with E-state index in [1.165, 1.54) is 25.8 Å². The molecule has 0 aromatic carbocycles. The molecule has 3 saturated heterocycles. The standard InChI is InChI=1S/C18H27N5O/c24-18(23-11-10-21-8-2-1-5-16(21)14-23)15-4-3-9-22(13-15)17-12-19-6-7-20-17/h6-7,12,15-16H,1-5,8-11,13-14H2/t15-,16-/m0/s1. The molecule has 0 spiro atoms. The van der Waals surface area contributed by atoms with Crippen LogP contribution in [0, 0.1) is 5.92 Å². The van der Waals surface area contributed by atoms with Crippen molar-refractivity contribution in [3.05, 3.63) is 18.6 Å². The second-order valence-electron chi connectivity index (χ2n) is 7.32. The van der Waals surface area contributed by atoms with Gasteiger partial charge in [-0.25, -0.2) is 4.98 Å². The Morgan fingerprint density at radius 1 is 1.00 bits per heavy atom. The molecule has 0 unspecified atom stereocenters. The maximum Gasteiger partial charge on any atom is 0.227 e. The molecule has 3 aliphatic heterocycles. The van der Waals surface area contributed by atoms with Gasteiger partial charge in [0.25, 0.3) is 0 Å². The van der Waals surface area contributed by atoms with E-state index < -0.39 is 0 Å². The number of hydrogen-bond donors (Lipinski definition) is 0. The molecule has 0 saturated carbocycles. The van der Waals surface area contributed by atoms with Crippen molar-refractivity contribution in [2.45, 2.75) is 38.1 Å². The predicted octanol–water partition coefficient (Wildman–Crippen LogP) is 1.39. The summed E-state index contributed by atoms with van der Waals surface area (Å²) >= 11 is 0. The number of hydrogen-bond acceptors (Lipinski definition) is 5. The number of piperazine rings is 1. The summed E-state index contributed by atoms with van der Waals surface area (Å²) in [5, 5.41) is 0. The summed E-state index contributed by atoms with van der Waals surface area (Å²) in [6, 6.07) is 0.594. The number of carbonyl (C=O) groups excluding carboxylic acids is 1. The zero-order valence-electron chi connectivity index (χ0n) is 14.3. The first kappa shape index (κ1) is 15.8. The molecule has 130 valence electrons. The molecule has 4 rings (SSSR count). The van der Waals surface area contributed by atoms with Crippen LogP contribution in [0.25, 0.3) is 0 Å². The van der Waals surface area contributed by atoms with Gasteiger partial charge in [-0.2, -0.15) is 0 Å². The third-order valence-corrected chi connectivity index (χ3v) is 5.79. The van der Waals surface area contributed by atoms with Crippen LogP contribution in [0.15, 0.2) is 18.6 Å². The van der Waals surface area contributed by atoms with Gasteiger partial charge < -0.3 is 9.80 Å². The molecule has 6 heteroatoms. The first-order valence-electron chi connectivity index (χ1n) is 9.35. The Morgan fingerprint density at radius 2 is 1.96 bits per heavy atom. The number of carbonyl (C=O) groups is 1. The number of aromatic nitrogens is 2. The van der Waals surface area contributed by atoms with E-state index in [1.807, 2.05) is 0 Å². The van der Waals surface area contributed by atoms with Gasteiger partial charge >= 0.3 is 0 Å². The molecule has 4 heterocycles. The van der Waals surface area contributed by atoms with E-state index in [2.05, 4.69) is 24.7 Å². The summed E-state index contributed by atoms with van der Waals surface area (Å²) in [5.74, 6) is 1.36. The van der Waals surface area contributed by atoms with Crippen LogP contribution in [0.2, 0.25) is 0 Å². The van der Waals surface area contributed by atoms with E-state index in [0.717, 1.165) is 51.4 Å². The van der Waals surface area contributed by atoms with Crippen LogP contribution in [0.1, 0.15) is 32.1 Å².